The Balaban J connectivity index is 1.34. The summed E-state index contributed by atoms with van der Waals surface area (Å²) in [6.45, 7) is 10.2. The molecule has 8 unspecified atom stereocenters. The number of ketones is 1. The minimum Gasteiger partial charge on any atom is -0.468 e. The molecule has 5 aliphatic rings. The van der Waals surface area contributed by atoms with Gasteiger partial charge < -0.3 is 9.47 Å². The highest BCUT2D eigenvalue weighted by atomic mass is 16.6. The summed E-state index contributed by atoms with van der Waals surface area (Å²) in [5, 5.41) is 0. The molecule has 1 aliphatic heterocycles. The lowest BCUT2D eigenvalue weighted by Crippen LogP contribution is -2.61. The van der Waals surface area contributed by atoms with Gasteiger partial charge in [-0.2, -0.15) is 0 Å². The van der Waals surface area contributed by atoms with Crippen LogP contribution in [-0.2, 0) is 19.1 Å². The van der Waals surface area contributed by atoms with Crippen molar-refractivity contribution in [2.24, 2.45) is 34.0 Å². The minimum absolute atomic E-state index is 0.165. The van der Waals surface area contributed by atoms with Crippen LogP contribution in [0.3, 0.4) is 0 Å². The van der Waals surface area contributed by atoms with E-state index in [4.69, 9.17) is 14.5 Å². The van der Waals surface area contributed by atoms with Gasteiger partial charge in [-0.05, 0) is 99.5 Å². The van der Waals surface area contributed by atoms with Crippen molar-refractivity contribution < 1.29 is 19.1 Å². The minimum atomic E-state index is -0.489. The first-order valence-corrected chi connectivity index (χ1v) is 13.1. The summed E-state index contributed by atoms with van der Waals surface area (Å²) in [5.41, 5.74) is 2.12. The van der Waals surface area contributed by atoms with Crippen molar-refractivity contribution in [1.29, 1.82) is 0 Å². The molecule has 0 amide bonds. The van der Waals surface area contributed by atoms with Crippen LogP contribution < -0.4 is 0 Å². The van der Waals surface area contributed by atoms with Crippen molar-refractivity contribution in [2.75, 3.05) is 6.61 Å². The Morgan fingerprint density at radius 3 is 2.74 bits per heavy atom. The highest BCUT2D eigenvalue weighted by Crippen LogP contribution is 2.75. The zero-order valence-electron chi connectivity index (χ0n) is 20.9. The average Bonchev–Trinajstić information content (AvgIpc) is 3.45. The van der Waals surface area contributed by atoms with E-state index in [1.165, 1.54) is 12.8 Å². The number of pyridine rings is 1. The third kappa shape index (κ3) is 2.68. The second kappa shape index (κ2) is 7.25. The van der Waals surface area contributed by atoms with Gasteiger partial charge in [0.25, 0.3) is 6.47 Å². The van der Waals surface area contributed by atoms with Crippen LogP contribution in [0, 0.1) is 40.9 Å². The molecule has 6 rings (SSSR count). The fourth-order valence-corrected chi connectivity index (χ4v) is 9.21. The molecule has 1 aromatic heterocycles. The van der Waals surface area contributed by atoms with E-state index in [9.17, 15) is 9.59 Å². The fourth-order valence-electron chi connectivity index (χ4n) is 9.21. The highest BCUT2D eigenvalue weighted by Gasteiger charge is 2.78. The molecular weight excluding hydrogens is 426 g/mol. The van der Waals surface area contributed by atoms with Crippen LogP contribution in [0.15, 0.2) is 24.3 Å². The summed E-state index contributed by atoms with van der Waals surface area (Å²) in [6.07, 6.45) is 9.68. The van der Waals surface area contributed by atoms with E-state index in [2.05, 4.69) is 26.8 Å². The van der Waals surface area contributed by atoms with E-state index >= 15 is 0 Å². The molecule has 0 radical (unpaired) electrons. The number of aryl methyl sites for hydroxylation is 1. The molecule has 0 bridgehead atoms. The van der Waals surface area contributed by atoms with E-state index in [1.54, 1.807) is 0 Å². The number of nitrogens with zero attached hydrogens (tertiary/aromatic N) is 1. The number of fused-ring (bicyclic) bond motifs is 4. The first kappa shape index (κ1) is 22.5. The zero-order chi connectivity index (χ0) is 23.9. The quantitative estimate of drug-likeness (QED) is 0.336. The molecule has 4 fully saturated rings. The third-order valence-electron chi connectivity index (χ3n) is 11.5. The number of hydrogen-bond acceptors (Lipinski definition) is 5. The molecule has 5 heteroatoms. The molecule has 1 saturated heterocycles. The molecule has 4 aliphatic carbocycles. The number of Topliss-reactive ketones (excluding diaryl/α,β-unsaturated/α-hetero) is 1. The Hall–Kier alpha value is -2.01. The standard InChI is InChI=1S/C29H37NO4/c1-18-6-5-7-23(30-18)19-8-13-29-24(34-29)16-20-21-9-11-26(2,14-15-33-17-31)27(21,3)12-10-22(20)28(29,4)25(19)32/h5-8,17,20-22,24H,9-16H2,1-4H3. The number of aromatic nitrogens is 1. The van der Waals surface area contributed by atoms with Gasteiger partial charge in [0, 0.05) is 11.3 Å². The van der Waals surface area contributed by atoms with Crippen LogP contribution in [0.2, 0.25) is 0 Å². The number of hydrogen-bond donors (Lipinski definition) is 0. The second-order valence-electron chi connectivity index (χ2n) is 12.4. The van der Waals surface area contributed by atoms with E-state index in [-0.39, 0.29) is 28.3 Å². The number of carbonyl (C=O) groups excluding carboxylic acids is 2. The summed E-state index contributed by atoms with van der Waals surface area (Å²) in [6, 6.07) is 5.96. The largest absolute Gasteiger partial charge is 0.468 e. The van der Waals surface area contributed by atoms with Crippen LogP contribution in [0.4, 0.5) is 0 Å². The van der Waals surface area contributed by atoms with E-state index < -0.39 is 5.41 Å². The van der Waals surface area contributed by atoms with Gasteiger partial charge in [0.05, 0.1) is 23.8 Å². The Labute approximate surface area is 202 Å². The fraction of sp³-hybridized carbons (Fsp3) is 0.690. The van der Waals surface area contributed by atoms with E-state index in [0.717, 1.165) is 49.1 Å². The average molecular weight is 464 g/mol. The Morgan fingerprint density at radius 1 is 1.18 bits per heavy atom. The topological polar surface area (TPSA) is 68.8 Å². The van der Waals surface area contributed by atoms with E-state index in [1.807, 2.05) is 25.1 Å². The summed E-state index contributed by atoms with van der Waals surface area (Å²) in [7, 11) is 0. The molecule has 0 N–H and O–H groups in total. The predicted octanol–water partition coefficient (Wildman–Crippen LogP) is 5.31. The van der Waals surface area contributed by atoms with Crippen LogP contribution >= 0.6 is 0 Å². The second-order valence-corrected chi connectivity index (χ2v) is 12.4. The van der Waals surface area contributed by atoms with Crippen molar-refractivity contribution in [3.8, 4) is 0 Å². The third-order valence-corrected chi connectivity index (χ3v) is 11.5. The van der Waals surface area contributed by atoms with Gasteiger partial charge in [-0.25, -0.2) is 0 Å². The summed E-state index contributed by atoms with van der Waals surface area (Å²) >= 11 is 0. The number of epoxide rings is 1. The summed E-state index contributed by atoms with van der Waals surface area (Å²) in [5.74, 6) is 1.69. The maximum absolute atomic E-state index is 14.3. The van der Waals surface area contributed by atoms with Gasteiger partial charge in [-0.3, -0.25) is 14.6 Å². The van der Waals surface area contributed by atoms with Gasteiger partial charge in [-0.15, -0.1) is 0 Å². The Morgan fingerprint density at radius 2 is 1.97 bits per heavy atom. The number of ether oxygens (including phenoxy) is 2. The lowest BCUT2D eigenvalue weighted by atomic mass is 9.43. The maximum Gasteiger partial charge on any atom is 0.293 e. The van der Waals surface area contributed by atoms with Gasteiger partial charge in [0.1, 0.15) is 5.60 Å². The molecule has 3 saturated carbocycles. The van der Waals surface area contributed by atoms with Crippen LogP contribution in [0.5, 0.6) is 0 Å². The molecule has 2 heterocycles. The molecule has 0 aromatic carbocycles. The number of rotatable bonds is 5. The molecule has 5 nitrogen and oxygen atoms in total. The van der Waals surface area contributed by atoms with Crippen LogP contribution in [0.1, 0.15) is 77.1 Å². The molecule has 34 heavy (non-hydrogen) atoms. The lowest BCUT2D eigenvalue weighted by molar-refractivity contribution is -0.145. The monoisotopic (exact) mass is 463 g/mol. The molecule has 182 valence electrons. The van der Waals surface area contributed by atoms with E-state index in [0.29, 0.717) is 30.8 Å². The lowest BCUT2D eigenvalue weighted by Gasteiger charge is -2.59. The van der Waals surface area contributed by atoms with Crippen LogP contribution in [-0.4, -0.2) is 35.6 Å². The van der Waals surface area contributed by atoms with Gasteiger partial charge >= 0.3 is 0 Å². The zero-order valence-corrected chi connectivity index (χ0v) is 20.9. The van der Waals surface area contributed by atoms with Gasteiger partial charge in [0.15, 0.2) is 5.78 Å². The number of allylic oxidation sites excluding steroid dienone is 1. The maximum atomic E-state index is 14.3. The SMILES string of the molecule is Cc1cccc(C2=CCC34OC3CC3C5CCC(C)(CCOC=O)C5(C)CCC3C4(C)C2=O)n1. The van der Waals surface area contributed by atoms with Gasteiger partial charge in [0.2, 0.25) is 0 Å². The van der Waals surface area contributed by atoms with Crippen molar-refractivity contribution >= 4 is 17.8 Å². The summed E-state index contributed by atoms with van der Waals surface area (Å²) < 4.78 is 11.6. The van der Waals surface area contributed by atoms with Crippen LogP contribution in [0.25, 0.3) is 5.57 Å². The predicted molar refractivity (Wildman–Crippen MR) is 129 cm³/mol. The molecule has 1 spiro atoms. The highest BCUT2D eigenvalue weighted by molar-refractivity contribution is 6.24. The Bertz CT molecular complexity index is 1080. The molecule has 1 aromatic rings. The van der Waals surface area contributed by atoms with Gasteiger partial charge in [-0.1, -0.05) is 26.0 Å². The number of carbonyl (C=O) groups is 2. The first-order valence-electron chi connectivity index (χ1n) is 13.1. The Kier molecular flexibility index (Phi) is 4.79. The molecule has 8 atom stereocenters. The smallest absolute Gasteiger partial charge is 0.293 e. The van der Waals surface area contributed by atoms with Crippen molar-refractivity contribution in [2.45, 2.75) is 84.3 Å². The molecular formula is C29H37NO4. The summed E-state index contributed by atoms with van der Waals surface area (Å²) in [4.78, 5) is 29.8. The normalized spacial score (nSPS) is 46.5. The van der Waals surface area contributed by atoms with Crippen molar-refractivity contribution in [3.05, 3.63) is 35.7 Å². The van der Waals surface area contributed by atoms with Crippen molar-refractivity contribution in [1.82, 2.24) is 4.98 Å². The first-order chi connectivity index (χ1) is 16.2. The van der Waals surface area contributed by atoms with Crippen molar-refractivity contribution in [3.63, 3.8) is 0 Å².